The van der Waals surface area contributed by atoms with Crippen molar-refractivity contribution >= 4 is 5.97 Å². The first-order valence-corrected chi connectivity index (χ1v) is 4.97. The number of rotatable bonds is 1. The van der Waals surface area contributed by atoms with Gasteiger partial charge in [0.15, 0.2) is 0 Å². The van der Waals surface area contributed by atoms with Gasteiger partial charge in [-0.15, -0.1) is 0 Å². The summed E-state index contributed by atoms with van der Waals surface area (Å²) in [5.41, 5.74) is 0.300. The van der Waals surface area contributed by atoms with Crippen LogP contribution in [0.2, 0.25) is 0 Å². The largest absolute Gasteiger partial charge is 0.481 e. The Hall–Kier alpha value is -0.530. The van der Waals surface area contributed by atoms with Crippen LogP contribution in [-0.4, -0.2) is 11.1 Å². The molecule has 0 radical (unpaired) electrons. The maximum atomic E-state index is 11.0. The van der Waals surface area contributed by atoms with Crippen molar-refractivity contribution in [2.75, 3.05) is 0 Å². The molecule has 2 heteroatoms. The van der Waals surface area contributed by atoms with Crippen molar-refractivity contribution in [3.05, 3.63) is 0 Å². The van der Waals surface area contributed by atoms with Crippen molar-refractivity contribution in [1.82, 2.24) is 0 Å². The van der Waals surface area contributed by atoms with Gasteiger partial charge in [-0.2, -0.15) is 0 Å². The van der Waals surface area contributed by atoms with Gasteiger partial charge in [-0.1, -0.05) is 0 Å². The Bertz CT molecular complexity index is 242. The molecule has 2 bridgehead atoms. The maximum Gasteiger partial charge on any atom is 0.307 e. The van der Waals surface area contributed by atoms with Crippen LogP contribution < -0.4 is 0 Å². The highest BCUT2D eigenvalue weighted by molar-refractivity contribution is 5.73. The lowest BCUT2D eigenvalue weighted by atomic mass is 9.76. The number of carboxylic acid groups (broad SMARTS) is 1. The molecule has 3 fully saturated rings. The van der Waals surface area contributed by atoms with E-state index in [4.69, 9.17) is 5.11 Å². The van der Waals surface area contributed by atoms with Crippen molar-refractivity contribution < 1.29 is 9.90 Å². The molecule has 66 valence electrons. The fraction of sp³-hybridized carbons (Fsp3) is 0.900. The molecule has 0 aromatic heterocycles. The van der Waals surface area contributed by atoms with Gasteiger partial charge < -0.3 is 5.11 Å². The van der Waals surface area contributed by atoms with E-state index in [2.05, 4.69) is 0 Å². The fourth-order valence-corrected chi connectivity index (χ4v) is 3.88. The molecule has 3 atom stereocenters. The Morgan fingerprint density at radius 1 is 1.33 bits per heavy atom. The lowest BCUT2D eigenvalue weighted by Gasteiger charge is -2.27. The molecule has 0 amide bonds. The Kier molecular flexibility index (Phi) is 1.07. The van der Waals surface area contributed by atoms with E-state index in [1.54, 1.807) is 0 Å². The molecule has 3 saturated carbocycles. The molecule has 2 nitrogen and oxygen atoms in total. The van der Waals surface area contributed by atoms with Crippen molar-refractivity contribution in [3.8, 4) is 0 Å². The molecular formula is C10H14O2. The number of aliphatic carboxylic acids is 1. The van der Waals surface area contributed by atoms with Crippen molar-refractivity contribution in [1.29, 1.82) is 0 Å². The molecule has 3 rings (SSSR count). The van der Waals surface area contributed by atoms with Crippen LogP contribution in [0.25, 0.3) is 0 Å². The van der Waals surface area contributed by atoms with Gasteiger partial charge in [-0.25, -0.2) is 0 Å². The third kappa shape index (κ3) is 0.606. The zero-order valence-electron chi connectivity index (χ0n) is 7.12. The van der Waals surface area contributed by atoms with Crippen molar-refractivity contribution in [2.24, 2.45) is 23.2 Å². The zero-order valence-corrected chi connectivity index (χ0v) is 7.12. The van der Waals surface area contributed by atoms with Gasteiger partial charge in [0.05, 0.1) is 5.92 Å². The Morgan fingerprint density at radius 3 is 2.58 bits per heavy atom. The quantitative estimate of drug-likeness (QED) is 0.646. The molecular weight excluding hydrogens is 152 g/mol. The summed E-state index contributed by atoms with van der Waals surface area (Å²) in [7, 11) is 0. The summed E-state index contributed by atoms with van der Waals surface area (Å²) < 4.78 is 0. The van der Waals surface area contributed by atoms with E-state index >= 15 is 0 Å². The van der Waals surface area contributed by atoms with Gasteiger partial charge in [0.25, 0.3) is 0 Å². The average Bonchev–Trinajstić information content (AvgIpc) is 2.57. The zero-order chi connectivity index (χ0) is 8.34. The first-order chi connectivity index (χ1) is 5.74. The molecule has 1 N–H and O–H groups in total. The molecule has 0 aliphatic heterocycles. The number of fused-ring (bicyclic) bond motifs is 3. The Morgan fingerprint density at radius 2 is 2.08 bits per heavy atom. The molecule has 0 saturated heterocycles. The first kappa shape index (κ1) is 6.93. The topological polar surface area (TPSA) is 37.3 Å². The smallest absolute Gasteiger partial charge is 0.307 e. The van der Waals surface area contributed by atoms with Gasteiger partial charge in [-0.05, 0) is 49.4 Å². The van der Waals surface area contributed by atoms with Crippen LogP contribution in [0.3, 0.4) is 0 Å². The third-order valence-electron chi connectivity index (χ3n) is 4.47. The monoisotopic (exact) mass is 166 g/mol. The maximum absolute atomic E-state index is 11.0. The van der Waals surface area contributed by atoms with Crippen LogP contribution in [0.4, 0.5) is 0 Å². The van der Waals surface area contributed by atoms with Crippen LogP contribution in [-0.2, 0) is 4.79 Å². The molecule has 0 heterocycles. The standard InChI is InChI=1S/C10H14O2/c11-9(12)8-6-1-2-7(5-6)10(8)3-4-10/h6-8H,1-5H2,(H,11,12)/t6-,7+,8-/m1/s1. The summed E-state index contributed by atoms with van der Waals surface area (Å²) in [6.45, 7) is 0. The van der Waals surface area contributed by atoms with Crippen molar-refractivity contribution in [2.45, 2.75) is 32.1 Å². The predicted octanol–water partition coefficient (Wildman–Crippen LogP) is 1.90. The summed E-state index contributed by atoms with van der Waals surface area (Å²) in [6, 6.07) is 0. The summed E-state index contributed by atoms with van der Waals surface area (Å²) >= 11 is 0. The summed E-state index contributed by atoms with van der Waals surface area (Å²) in [5, 5.41) is 9.11. The van der Waals surface area contributed by atoms with Crippen LogP contribution in [0.1, 0.15) is 32.1 Å². The third-order valence-corrected chi connectivity index (χ3v) is 4.47. The number of carboxylic acids is 1. The van der Waals surface area contributed by atoms with Gasteiger partial charge in [0.2, 0.25) is 0 Å². The molecule has 3 aliphatic rings. The van der Waals surface area contributed by atoms with Crippen LogP contribution >= 0.6 is 0 Å². The second-order valence-corrected chi connectivity index (χ2v) is 4.82. The molecule has 0 unspecified atom stereocenters. The number of carbonyl (C=O) groups is 1. The second-order valence-electron chi connectivity index (χ2n) is 4.82. The van der Waals surface area contributed by atoms with E-state index in [0.29, 0.717) is 11.3 Å². The lowest BCUT2D eigenvalue weighted by molar-refractivity contribution is -0.146. The average molecular weight is 166 g/mol. The summed E-state index contributed by atoms with van der Waals surface area (Å²) in [6.07, 6.45) is 6.12. The van der Waals surface area contributed by atoms with Crippen LogP contribution in [0.5, 0.6) is 0 Å². The molecule has 0 aromatic carbocycles. The normalized spacial score (nSPS) is 46.8. The lowest BCUT2D eigenvalue weighted by Crippen LogP contribution is -2.30. The SMILES string of the molecule is O=C(O)[C@H]1[C@@H]2CC[C@@H](C2)C12CC2. The van der Waals surface area contributed by atoms with E-state index in [1.807, 2.05) is 0 Å². The highest BCUT2D eigenvalue weighted by Gasteiger charge is 2.66. The van der Waals surface area contributed by atoms with E-state index in [1.165, 1.54) is 32.1 Å². The highest BCUT2D eigenvalue weighted by Crippen LogP contribution is 2.71. The van der Waals surface area contributed by atoms with E-state index < -0.39 is 5.97 Å². The molecule has 0 aromatic rings. The minimum absolute atomic E-state index is 0.0382. The Labute approximate surface area is 72.0 Å². The highest BCUT2D eigenvalue weighted by atomic mass is 16.4. The predicted molar refractivity (Wildman–Crippen MR) is 43.6 cm³/mol. The number of hydrogen-bond acceptors (Lipinski definition) is 1. The minimum Gasteiger partial charge on any atom is -0.481 e. The minimum atomic E-state index is -0.514. The second kappa shape index (κ2) is 1.86. The van der Waals surface area contributed by atoms with E-state index in [9.17, 15) is 4.79 Å². The van der Waals surface area contributed by atoms with Gasteiger partial charge in [0.1, 0.15) is 0 Å². The Balaban J connectivity index is 1.97. The summed E-state index contributed by atoms with van der Waals surface area (Å²) in [4.78, 5) is 11.0. The fourth-order valence-electron chi connectivity index (χ4n) is 3.88. The van der Waals surface area contributed by atoms with Crippen LogP contribution in [0.15, 0.2) is 0 Å². The van der Waals surface area contributed by atoms with Gasteiger partial charge >= 0.3 is 5.97 Å². The molecule has 1 spiro atoms. The first-order valence-electron chi connectivity index (χ1n) is 4.97. The van der Waals surface area contributed by atoms with Crippen molar-refractivity contribution in [3.63, 3.8) is 0 Å². The summed E-state index contributed by atoms with van der Waals surface area (Å²) in [5.74, 6) is 0.842. The molecule has 3 aliphatic carbocycles. The van der Waals surface area contributed by atoms with Gasteiger partial charge in [0, 0.05) is 0 Å². The van der Waals surface area contributed by atoms with E-state index in [0.717, 1.165) is 5.92 Å². The number of hydrogen-bond donors (Lipinski definition) is 1. The van der Waals surface area contributed by atoms with E-state index in [-0.39, 0.29) is 5.92 Å². The van der Waals surface area contributed by atoms with Crippen LogP contribution in [0, 0.1) is 23.2 Å². The molecule has 12 heavy (non-hydrogen) atoms. The van der Waals surface area contributed by atoms with Gasteiger partial charge in [-0.3, -0.25) is 4.79 Å².